The van der Waals surface area contributed by atoms with Crippen LogP contribution in [0.5, 0.6) is 0 Å². The summed E-state index contributed by atoms with van der Waals surface area (Å²) in [5, 5.41) is 6.99. The fraction of sp³-hybridized carbons (Fsp3) is 0.625. The average molecular weight is 246 g/mol. The highest BCUT2D eigenvalue weighted by Gasteiger charge is 2.19. The quantitative estimate of drug-likeness (QED) is 0.853. The van der Waals surface area contributed by atoms with Crippen molar-refractivity contribution < 1.29 is 0 Å². The molecule has 0 bridgehead atoms. The maximum Gasteiger partial charge on any atom is 0.0320 e. The third-order valence-corrected chi connectivity index (χ3v) is 4.25. The van der Waals surface area contributed by atoms with Gasteiger partial charge in [0, 0.05) is 6.04 Å². The van der Waals surface area contributed by atoms with Crippen molar-refractivity contribution in [2.24, 2.45) is 5.92 Å². The monoisotopic (exact) mass is 246 g/mol. The molecule has 0 saturated carbocycles. The van der Waals surface area contributed by atoms with Crippen molar-refractivity contribution >= 4 is 0 Å². The van der Waals surface area contributed by atoms with Crippen LogP contribution in [0.2, 0.25) is 0 Å². The molecule has 1 heterocycles. The van der Waals surface area contributed by atoms with Gasteiger partial charge in [0.25, 0.3) is 0 Å². The van der Waals surface area contributed by atoms with Crippen molar-refractivity contribution in [1.82, 2.24) is 10.6 Å². The number of aryl methyl sites for hydroxylation is 2. The van der Waals surface area contributed by atoms with E-state index in [1.807, 2.05) is 0 Å². The number of hydrogen-bond acceptors (Lipinski definition) is 2. The predicted molar refractivity (Wildman–Crippen MR) is 77.9 cm³/mol. The van der Waals surface area contributed by atoms with E-state index in [0.717, 1.165) is 5.92 Å². The lowest BCUT2D eigenvalue weighted by molar-refractivity contribution is 0.322. The summed E-state index contributed by atoms with van der Waals surface area (Å²) in [5.74, 6) is 0.817. The third kappa shape index (κ3) is 3.33. The Bertz CT molecular complexity index is 381. The van der Waals surface area contributed by atoms with Gasteiger partial charge in [-0.3, -0.25) is 0 Å². The van der Waals surface area contributed by atoms with Crippen LogP contribution in [0.3, 0.4) is 0 Å². The molecule has 1 fully saturated rings. The zero-order valence-corrected chi connectivity index (χ0v) is 11.9. The molecule has 0 aromatic heterocycles. The molecule has 100 valence electrons. The largest absolute Gasteiger partial charge is 0.316 e. The molecule has 2 heteroatoms. The second kappa shape index (κ2) is 6.35. The first kappa shape index (κ1) is 13.6. The molecule has 2 rings (SSSR count). The van der Waals surface area contributed by atoms with E-state index in [4.69, 9.17) is 0 Å². The topological polar surface area (TPSA) is 24.1 Å². The summed E-state index contributed by atoms with van der Waals surface area (Å²) in [6.07, 6.45) is 3.94. The molecule has 0 spiro atoms. The summed E-state index contributed by atoms with van der Waals surface area (Å²) in [6.45, 7) is 6.76. The second-order valence-electron chi connectivity index (χ2n) is 5.63. The van der Waals surface area contributed by atoms with Crippen molar-refractivity contribution in [1.29, 1.82) is 0 Å². The van der Waals surface area contributed by atoms with Crippen LogP contribution in [-0.4, -0.2) is 20.1 Å². The zero-order valence-electron chi connectivity index (χ0n) is 11.9. The first-order valence-electron chi connectivity index (χ1n) is 7.16. The molecule has 0 amide bonds. The number of hydrogen-bond donors (Lipinski definition) is 2. The van der Waals surface area contributed by atoms with Gasteiger partial charge >= 0.3 is 0 Å². The standard InChI is InChI=1S/C16H26N2/c1-12-6-7-15(9-13(12)2)16(17-3)10-14-5-4-8-18-11-14/h6-7,9,14,16-18H,4-5,8,10-11H2,1-3H3. The van der Waals surface area contributed by atoms with E-state index in [1.165, 1.54) is 49.0 Å². The van der Waals surface area contributed by atoms with E-state index in [1.54, 1.807) is 0 Å². The molecule has 2 unspecified atom stereocenters. The van der Waals surface area contributed by atoms with Gasteiger partial charge in [0.05, 0.1) is 0 Å². The van der Waals surface area contributed by atoms with Crippen molar-refractivity contribution in [3.8, 4) is 0 Å². The average Bonchev–Trinajstić information content (AvgIpc) is 2.40. The highest BCUT2D eigenvalue weighted by molar-refractivity contribution is 5.31. The number of rotatable bonds is 4. The lowest BCUT2D eigenvalue weighted by Crippen LogP contribution is -2.32. The SMILES string of the molecule is CNC(CC1CCCNC1)c1ccc(C)c(C)c1. The highest BCUT2D eigenvalue weighted by Crippen LogP contribution is 2.26. The van der Waals surface area contributed by atoms with Crippen LogP contribution in [0.15, 0.2) is 18.2 Å². The second-order valence-corrected chi connectivity index (χ2v) is 5.63. The molecule has 2 nitrogen and oxygen atoms in total. The molecule has 2 atom stereocenters. The fourth-order valence-electron chi connectivity index (χ4n) is 2.86. The van der Waals surface area contributed by atoms with Gasteiger partial charge in [-0.15, -0.1) is 0 Å². The molecule has 1 aliphatic heterocycles. The Morgan fingerprint density at radius 2 is 2.17 bits per heavy atom. The Morgan fingerprint density at radius 1 is 1.33 bits per heavy atom. The van der Waals surface area contributed by atoms with Gasteiger partial charge in [-0.1, -0.05) is 18.2 Å². The molecular weight excluding hydrogens is 220 g/mol. The first-order chi connectivity index (χ1) is 8.70. The Kier molecular flexibility index (Phi) is 4.79. The van der Waals surface area contributed by atoms with Crippen LogP contribution in [0, 0.1) is 19.8 Å². The van der Waals surface area contributed by atoms with Gasteiger partial charge in [0.15, 0.2) is 0 Å². The number of nitrogens with one attached hydrogen (secondary N) is 2. The van der Waals surface area contributed by atoms with Crippen molar-refractivity contribution in [2.75, 3.05) is 20.1 Å². The lowest BCUT2D eigenvalue weighted by Gasteiger charge is -2.27. The van der Waals surface area contributed by atoms with E-state index < -0.39 is 0 Å². The maximum absolute atomic E-state index is 3.51. The minimum Gasteiger partial charge on any atom is -0.316 e. The van der Waals surface area contributed by atoms with Crippen LogP contribution >= 0.6 is 0 Å². The molecule has 0 radical (unpaired) electrons. The smallest absolute Gasteiger partial charge is 0.0320 e. The van der Waals surface area contributed by atoms with E-state index in [9.17, 15) is 0 Å². The van der Waals surface area contributed by atoms with Gasteiger partial charge in [0.1, 0.15) is 0 Å². The van der Waals surface area contributed by atoms with Crippen LogP contribution in [0.1, 0.15) is 42.0 Å². The molecular formula is C16H26N2. The van der Waals surface area contributed by atoms with Gasteiger partial charge in [0.2, 0.25) is 0 Å². The summed E-state index contributed by atoms with van der Waals surface area (Å²) in [7, 11) is 2.08. The van der Waals surface area contributed by atoms with E-state index >= 15 is 0 Å². The minimum atomic E-state index is 0.495. The van der Waals surface area contributed by atoms with Crippen molar-refractivity contribution in [2.45, 2.75) is 39.2 Å². The van der Waals surface area contributed by atoms with E-state index in [2.05, 4.69) is 49.7 Å². The summed E-state index contributed by atoms with van der Waals surface area (Å²) < 4.78 is 0. The molecule has 2 N–H and O–H groups in total. The highest BCUT2D eigenvalue weighted by atomic mass is 14.9. The summed E-state index contributed by atoms with van der Waals surface area (Å²) in [4.78, 5) is 0. The predicted octanol–water partition coefficient (Wildman–Crippen LogP) is 2.95. The number of piperidine rings is 1. The maximum atomic E-state index is 3.51. The fourth-order valence-corrected chi connectivity index (χ4v) is 2.86. The molecule has 1 aromatic carbocycles. The minimum absolute atomic E-state index is 0.495. The molecule has 1 aromatic rings. The van der Waals surface area contributed by atoms with Crippen molar-refractivity contribution in [3.63, 3.8) is 0 Å². The summed E-state index contributed by atoms with van der Waals surface area (Å²) >= 11 is 0. The van der Waals surface area contributed by atoms with Crippen LogP contribution in [0.4, 0.5) is 0 Å². The molecule has 1 aliphatic rings. The van der Waals surface area contributed by atoms with Gasteiger partial charge < -0.3 is 10.6 Å². The zero-order chi connectivity index (χ0) is 13.0. The van der Waals surface area contributed by atoms with Crippen LogP contribution in [-0.2, 0) is 0 Å². The summed E-state index contributed by atoms with van der Waals surface area (Å²) in [6, 6.07) is 7.36. The lowest BCUT2D eigenvalue weighted by atomic mass is 9.89. The van der Waals surface area contributed by atoms with Crippen LogP contribution in [0.25, 0.3) is 0 Å². The first-order valence-corrected chi connectivity index (χ1v) is 7.16. The normalized spacial score (nSPS) is 21.8. The molecule has 1 saturated heterocycles. The van der Waals surface area contributed by atoms with Crippen molar-refractivity contribution in [3.05, 3.63) is 34.9 Å². The molecule has 18 heavy (non-hydrogen) atoms. The van der Waals surface area contributed by atoms with Gasteiger partial charge in [-0.25, -0.2) is 0 Å². The summed E-state index contributed by atoms with van der Waals surface area (Å²) in [5.41, 5.74) is 4.22. The van der Waals surface area contributed by atoms with Gasteiger partial charge in [-0.2, -0.15) is 0 Å². The Hall–Kier alpha value is -0.860. The number of benzene rings is 1. The Balaban J connectivity index is 2.04. The Morgan fingerprint density at radius 3 is 2.78 bits per heavy atom. The van der Waals surface area contributed by atoms with E-state index in [0.29, 0.717) is 6.04 Å². The third-order valence-electron chi connectivity index (χ3n) is 4.25. The van der Waals surface area contributed by atoms with Gasteiger partial charge in [-0.05, 0) is 75.9 Å². The van der Waals surface area contributed by atoms with Crippen LogP contribution < -0.4 is 10.6 Å². The van der Waals surface area contributed by atoms with E-state index in [-0.39, 0.29) is 0 Å². The Labute approximate surface area is 111 Å². The molecule has 0 aliphatic carbocycles.